The lowest BCUT2D eigenvalue weighted by Crippen LogP contribution is -2.25. The molecule has 2 aromatic carbocycles. The molecule has 9 heteroatoms. The van der Waals surface area contributed by atoms with Crippen molar-refractivity contribution in [1.29, 1.82) is 0 Å². The number of hydrogen-bond donors (Lipinski definition) is 2. The molecular weight excluding hydrogens is 380 g/mol. The van der Waals surface area contributed by atoms with Gasteiger partial charge in [-0.15, -0.1) is 0 Å². The third-order valence-electron chi connectivity index (χ3n) is 4.37. The summed E-state index contributed by atoms with van der Waals surface area (Å²) >= 11 is 0. The monoisotopic (exact) mass is 395 g/mol. The molecule has 0 atom stereocenters. The van der Waals surface area contributed by atoms with Gasteiger partial charge in [0.1, 0.15) is 5.69 Å². The molecule has 1 aliphatic rings. The van der Waals surface area contributed by atoms with E-state index in [1.165, 1.54) is 18.3 Å². The zero-order chi connectivity index (χ0) is 20.4. The van der Waals surface area contributed by atoms with Crippen molar-refractivity contribution in [2.24, 2.45) is 5.10 Å². The number of carbonyl (C=O) groups is 2. The molecule has 1 aromatic heterocycles. The highest BCUT2D eigenvalue weighted by Crippen LogP contribution is 2.18. The fourth-order valence-electron chi connectivity index (χ4n) is 2.90. The minimum atomic E-state index is -0.780. The fourth-order valence-corrected chi connectivity index (χ4v) is 2.90. The summed E-state index contributed by atoms with van der Waals surface area (Å²) in [6.07, 6.45) is 2.24. The quantitative estimate of drug-likeness (QED) is 0.712. The molecule has 2 N–H and O–H groups in total. The zero-order valence-corrected chi connectivity index (χ0v) is 15.0. The van der Waals surface area contributed by atoms with Gasteiger partial charge in [-0.1, -0.05) is 18.2 Å². The van der Waals surface area contributed by atoms with Gasteiger partial charge < -0.3 is 5.32 Å². The third kappa shape index (κ3) is 3.88. The van der Waals surface area contributed by atoms with Gasteiger partial charge in [-0.05, 0) is 35.9 Å². The number of nitrogens with one attached hydrogen (secondary N) is 2. The Morgan fingerprint density at radius 1 is 1.03 bits per heavy atom. The van der Waals surface area contributed by atoms with Crippen LogP contribution in [0, 0.1) is 11.6 Å². The topological polar surface area (TPSA) is 88.4 Å². The highest BCUT2D eigenvalue weighted by Gasteiger charge is 2.16. The Morgan fingerprint density at radius 3 is 2.41 bits per heavy atom. The maximum Gasteiger partial charge on any atom is 0.276 e. The van der Waals surface area contributed by atoms with Crippen molar-refractivity contribution in [3.05, 3.63) is 77.6 Å². The molecule has 0 spiro atoms. The summed E-state index contributed by atoms with van der Waals surface area (Å²) in [5.41, 5.74) is 4.21. The van der Waals surface area contributed by atoms with Gasteiger partial charge in [0.15, 0.2) is 17.3 Å². The van der Waals surface area contributed by atoms with Crippen molar-refractivity contribution in [1.82, 2.24) is 15.2 Å². The largest absolute Gasteiger partial charge is 0.321 e. The number of halogens is 2. The molecule has 0 fully saturated rings. The standard InChI is InChI=1S/C20H15F2N5O2/c21-14-2-1-3-15(22)19(14)27-11-10-17(26-27)20(29)23-13-6-4-12(5-7-13)16-8-9-18(28)25-24-16/h1-7,10-11H,8-9H2,(H,23,29)(H,25,28). The van der Waals surface area contributed by atoms with E-state index in [0.717, 1.165) is 28.1 Å². The highest BCUT2D eigenvalue weighted by molar-refractivity contribution is 6.05. The first-order valence-corrected chi connectivity index (χ1v) is 8.78. The number of para-hydroxylation sites is 1. The fraction of sp³-hybridized carbons (Fsp3) is 0.100. The normalized spacial score (nSPS) is 13.6. The van der Waals surface area contributed by atoms with Crippen LogP contribution in [0.15, 0.2) is 59.8 Å². The number of anilines is 1. The van der Waals surface area contributed by atoms with E-state index in [1.807, 2.05) is 0 Å². The number of carbonyl (C=O) groups excluding carboxylic acids is 2. The molecule has 146 valence electrons. The van der Waals surface area contributed by atoms with E-state index < -0.39 is 17.5 Å². The lowest BCUT2D eigenvalue weighted by Gasteiger charge is -2.12. The van der Waals surface area contributed by atoms with E-state index >= 15 is 0 Å². The number of benzene rings is 2. The number of hydrogen-bond acceptors (Lipinski definition) is 4. The van der Waals surface area contributed by atoms with Crippen LogP contribution in [0.25, 0.3) is 5.69 Å². The molecule has 29 heavy (non-hydrogen) atoms. The van der Waals surface area contributed by atoms with Crippen LogP contribution in [0.2, 0.25) is 0 Å². The van der Waals surface area contributed by atoms with Gasteiger partial charge in [0.2, 0.25) is 5.91 Å². The predicted octanol–water partition coefficient (Wildman–Crippen LogP) is 3.02. The average molecular weight is 395 g/mol. The molecule has 0 saturated heterocycles. The smallest absolute Gasteiger partial charge is 0.276 e. The summed E-state index contributed by atoms with van der Waals surface area (Å²) in [5, 5.41) is 10.7. The maximum atomic E-state index is 13.9. The lowest BCUT2D eigenvalue weighted by atomic mass is 10.0. The van der Waals surface area contributed by atoms with Crippen LogP contribution in [0.5, 0.6) is 0 Å². The Balaban J connectivity index is 1.48. The number of aromatic nitrogens is 2. The molecule has 0 unspecified atom stereocenters. The third-order valence-corrected chi connectivity index (χ3v) is 4.37. The number of rotatable bonds is 4. The summed E-state index contributed by atoms with van der Waals surface area (Å²) in [7, 11) is 0. The van der Waals surface area contributed by atoms with Crippen molar-refractivity contribution < 1.29 is 18.4 Å². The van der Waals surface area contributed by atoms with Gasteiger partial charge in [0.05, 0.1) is 5.71 Å². The van der Waals surface area contributed by atoms with Gasteiger partial charge >= 0.3 is 0 Å². The summed E-state index contributed by atoms with van der Waals surface area (Å²) in [6.45, 7) is 0. The SMILES string of the molecule is O=C1CCC(c2ccc(NC(=O)c3ccn(-c4c(F)cccc4F)n3)cc2)=NN1. The Morgan fingerprint density at radius 2 is 1.76 bits per heavy atom. The molecule has 2 amide bonds. The van der Waals surface area contributed by atoms with Crippen LogP contribution in [0.4, 0.5) is 14.5 Å². The first kappa shape index (κ1) is 18.5. The van der Waals surface area contributed by atoms with E-state index in [0.29, 0.717) is 18.5 Å². The summed E-state index contributed by atoms with van der Waals surface area (Å²) in [6, 6.07) is 11.8. The first-order chi connectivity index (χ1) is 14.0. The van der Waals surface area contributed by atoms with Crippen molar-refractivity contribution in [3.63, 3.8) is 0 Å². The molecular formula is C20H15F2N5O2. The predicted molar refractivity (Wildman–Crippen MR) is 102 cm³/mol. The van der Waals surface area contributed by atoms with Gasteiger partial charge in [0.25, 0.3) is 5.91 Å². The van der Waals surface area contributed by atoms with Crippen molar-refractivity contribution in [2.75, 3.05) is 5.32 Å². The average Bonchev–Trinajstić information content (AvgIpc) is 3.19. The first-order valence-electron chi connectivity index (χ1n) is 8.78. The van der Waals surface area contributed by atoms with Crippen LogP contribution < -0.4 is 10.7 Å². The van der Waals surface area contributed by atoms with E-state index in [2.05, 4.69) is 20.9 Å². The van der Waals surface area contributed by atoms with Gasteiger partial charge in [0, 0.05) is 24.7 Å². The molecule has 0 aliphatic carbocycles. The van der Waals surface area contributed by atoms with Crippen molar-refractivity contribution in [3.8, 4) is 5.69 Å². The molecule has 1 aliphatic heterocycles. The van der Waals surface area contributed by atoms with Crippen LogP contribution in [-0.2, 0) is 4.79 Å². The molecule has 7 nitrogen and oxygen atoms in total. The Bertz CT molecular complexity index is 1100. The maximum absolute atomic E-state index is 13.9. The minimum absolute atomic E-state index is 0.0103. The molecule has 0 radical (unpaired) electrons. The highest BCUT2D eigenvalue weighted by atomic mass is 19.1. The second kappa shape index (κ2) is 7.63. The Hall–Kier alpha value is -3.88. The lowest BCUT2D eigenvalue weighted by molar-refractivity contribution is -0.121. The van der Waals surface area contributed by atoms with E-state index in [4.69, 9.17) is 0 Å². The van der Waals surface area contributed by atoms with Crippen LogP contribution in [0.1, 0.15) is 28.9 Å². The van der Waals surface area contributed by atoms with E-state index in [9.17, 15) is 18.4 Å². The Labute approximate surface area is 164 Å². The second-order valence-electron chi connectivity index (χ2n) is 6.34. The van der Waals surface area contributed by atoms with Crippen LogP contribution >= 0.6 is 0 Å². The summed E-state index contributed by atoms with van der Waals surface area (Å²) in [4.78, 5) is 23.6. The summed E-state index contributed by atoms with van der Waals surface area (Å²) in [5.74, 6) is -2.20. The van der Waals surface area contributed by atoms with Gasteiger partial charge in [-0.25, -0.2) is 18.9 Å². The zero-order valence-electron chi connectivity index (χ0n) is 15.0. The second-order valence-corrected chi connectivity index (χ2v) is 6.34. The molecule has 2 heterocycles. The van der Waals surface area contributed by atoms with Gasteiger partial charge in [-0.2, -0.15) is 10.2 Å². The van der Waals surface area contributed by atoms with E-state index in [-0.39, 0.29) is 17.3 Å². The van der Waals surface area contributed by atoms with Crippen molar-refractivity contribution >= 4 is 23.2 Å². The number of amides is 2. The molecule has 0 saturated carbocycles. The minimum Gasteiger partial charge on any atom is -0.321 e. The van der Waals surface area contributed by atoms with Gasteiger partial charge in [-0.3, -0.25) is 9.59 Å². The van der Waals surface area contributed by atoms with Crippen molar-refractivity contribution in [2.45, 2.75) is 12.8 Å². The van der Waals surface area contributed by atoms with Crippen LogP contribution in [-0.4, -0.2) is 27.3 Å². The summed E-state index contributed by atoms with van der Waals surface area (Å²) < 4.78 is 28.7. The molecule has 4 rings (SSSR count). The Kier molecular flexibility index (Phi) is 4.86. The molecule has 3 aromatic rings. The number of nitrogens with zero attached hydrogens (tertiary/aromatic N) is 3. The number of hydrazone groups is 1. The van der Waals surface area contributed by atoms with Crippen LogP contribution in [0.3, 0.4) is 0 Å². The van der Waals surface area contributed by atoms with E-state index in [1.54, 1.807) is 24.3 Å². The molecule has 0 bridgehead atoms.